The Morgan fingerprint density at radius 2 is 1.90 bits per heavy atom. The predicted octanol–water partition coefficient (Wildman–Crippen LogP) is 2.76. The smallest absolute Gasteiger partial charge is 0.122 e. The molecule has 1 atom stereocenters. The lowest BCUT2D eigenvalue weighted by Gasteiger charge is -2.17. The van der Waals surface area contributed by atoms with E-state index in [-0.39, 0.29) is 0 Å². The van der Waals surface area contributed by atoms with Gasteiger partial charge in [0, 0.05) is 0 Å². The maximum Gasteiger partial charge on any atom is 0.122 e. The van der Waals surface area contributed by atoms with Gasteiger partial charge in [-0.3, -0.25) is 0 Å². The summed E-state index contributed by atoms with van der Waals surface area (Å²) in [5.74, 6) is 1.53. The lowest BCUT2D eigenvalue weighted by molar-refractivity contribution is 0.404. The molecule has 0 spiro atoms. The van der Waals surface area contributed by atoms with E-state index in [4.69, 9.17) is 10.5 Å². The molecule has 2 rings (SSSR count). The maximum atomic E-state index is 9.52. The van der Waals surface area contributed by atoms with Crippen molar-refractivity contribution in [3.05, 3.63) is 59.7 Å². The average molecular weight is 271 g/mol. The Morgan fingerprint density at radius 3 is 2.60 bits per heavy atom. The van der Waals surface area contributed by atoms with Crippen molar-refractivity contribution in [3.63, 3.8) is 0 Å². The number of hydrogen-bond donors (Lipinski definition) is 2. The Bertz CT molecular complexity index is 554. The number of methoxy groups -OCH3 is 1. The van der Waals surface area contributed by atoms with Gasteiger partial charge in [-0.1, -0.05) is 30.3 Å². The van der Waals surface area contributed by atoms with Gasteiger partial charge in [0.25, 0.3) is 0 Å². The molecule has 0 saturated carbocycles. The van der Waals surface area contributed by atoms with Gasteiger partial charge in [0.2, 0.25) is 0 Å². The summed E-state index contributed by atoms with van der Waals surface area (Å²) in [4.78, 5) is 0. The minimum atomic E-state index is 0.301. The largest absolute Gasteiger partial charge is 0.508 e. The van der Waals surface area contributed by atoms with Crippen LogP contribution in [0.25, 0.3) is 0 Å². The van der Waals surface area contributed by atoms with Gasteiger partial charge in [0.05, 0.1) is 7.11 Å². The predicted molar refractivity (Wildman–Crippen MR) is 81.1 cm³/mol. The van der Waals surface area contributed by atoms with E-state index in [0.29, 0.717) is 18.2 Å². The monoisotopic (exact) mass is 271 g/mol. The maximum absolute atomic E-state index is 9.52. The number of ether oxygens (including phenoxy) is 1. The molecule has 1 unspecified atom stereocenters. The lowest BCUT2D eigenvalue weighted by Crippen LogP contribution is -2.19. The molecule has 3 nitrogen and oxygen atoms in total. The molecule has 0 aliphatic carbocycles. The fourth-order valence-corrected chi connectivity index (χ4v) is 2.44. The molecule has 0 heterocycles. The van der Waals surface area contributed by atoms with Crippen molar-refractivity contribution < 1.29 is 9.84 Å². The van der Waals surface area contributed by atoms with Crippen LogP contribution in [-0.4, -0.2) is 18.8 Å². The molecule has 2 aromatic carbocycles. The quantitative estimate of drug-likeness (QED) is 0.849. The first-order valence-corrected chi connectivity index (χ1v) is 6.82. The number of para-hydroxylation sites is 1. The van der Waals surface area contributed by atoms with Crippen LogP contribution in [0.5, 0.6) is 11.5 Å². The minimum absolute atomic E-state index is 0.301. The first-order chi connectivity index (χ1) is 9.72. The van der Waals surface area contributed by atoms with E-state index in [1.54, 1.807) is 19.2 Å². The van der Waals surface area contributed by atoms with Crippen molar-refractivity contribution in [2.24, 2.45) is 11.7 Å². The number of benzene rings is 2. The topological polar surface area (TPSA) is 55.5 Å². The molecule has 106 valence electrons. The van der Waals surface area contributed by atoms with E-state index in [9.17, 15) is 5.11 Å². The zero-order valence-corrected chi connectivity index (χ0v) is 11.8. The van der Waals surface area contributed by atoms with Gasteiger partial charge in [-0.2, -0.15) is 0 Å². The molecule has 20 heavy (non-hydrogen) atoms. The highest BCUT2D eigenvalue weighted by Gasteiger charge is 2.12. The van der Waals surface area contributed by atoms with Crippen LogP contribution in [0, 0.1) is 5.92 Å². The standard InChI is InChI=1S/C17H21NO2/c1-20-17-8-3-2-6-15(17)10-14(12-18)9-13-5-4-7-16(19)11-13/h2-8,11,14,19H,9-10,12,18H2,1H3. The van der Waals surface area contributed by atoms with Gasteiger partial charge in [-0.15, -0.1) is 0 Å². The number of rotatable bonds is 6. The molecule has 0 aliphatic rings. The van der Waals surface area contributed by atoms with E-state index in [1.807, 2.05) is 30.3 Å². The van der Waals surface area contributed by atoms with Crippen molar-refractivity contribution in [2.75, 3.05) is 13.7 Å². The molecular weight excluding hydrogens is 250 g/mol. The Kier molecular flexibility index (Phi) is 5.02. The van der Waals surface area contributed by atoms with Gasteiger partial charge in [-0.05, 0) is 54.6 Å². The Hall–Kier alpha value is -2.00. The molecule has 3 N–H and O–H groups in total. The zero-order chi connectivity index (χ0) is 14.4. The molecule has 0 aromatic heterocycles. The van der Waals surface area contributed by atoms with Gasteiger partial charge >= 0.3 is 0 Å². The fourth-order valence-electron chi connectivity index (χ4n) is 2.44. The number of nitrogens with two attached hydrogens (primary N) is 1. The van der Waals surface area contributed by atoms with E-state index in [1.165, 1.54) is 5.56 Å². The van der Waals surface area contributed by atoms with E-state index in [0.717, 1.165) is 24.2 Å². The summed E-state index contributed by atoms with van der Waals surface area (Å²) in [5, 5.41) is 9.52. The number of hydrogen-bond acceptors (Lipinski definition) is 3. The second kappa shape index (κ2) is 6.96. The summed E-state index contributed by atoms with van der Waals surface area (Å²) in [7, 11) is 1.69. The highest BCUT2D eigenvalue weighted by molar-refractivity contribution is 5.34. The third kappa shape index (κ3) is 3.75. The number of aromatic hydroxyl groups is 1. The first kappa shape index (κ1) is 14.4. The molecule has 0 aliphatic heterocycles. The minimum Gasteiger partial charge on any atom is -0.508 e. The third-order valence-electron chi connectivity index (χ3n) is 3.47. The van der Waals surface area contributed by atoms with Crippen LogP contribution in [0.1, 0.15) is 11.1 Å². The SMILES string of the molecule is COc1ccccc1CC(CN)Cc1cccc(O)c1. The van der Waals surface area contributed by atoms with Crippen molar-refractivity contribution in [2.45, 2.75) is 12.8 Å². The average Bonchev–Trinajstić information content (AvgIpc) is 2.47. The Labute approximate surface area is 120 Å². The zero-order valence-electron chi connectivity index (χ0n) is 11.8. The van der Waals surface area contributed by atoms with Crippen LogP contribution >= 0.6 is 0 Å². The molecule has 3 heteroatoms. The Morgan fingerprint density at radius 1 is 1.10 bits per heavy atom. The molecule has 0 bridgehead atoms. The van der Waals surface area contributed by atoms with E-state index in [2.05, 4.69) is 6.07 Å². The molecule has 0 amide bonds. The van der Waals surface area contributed by atoms with Crippen LogP contribution < -0.4 is 10.5 Å². The normalized spacial score (nSPS) is 12.1. The van der Waals surface area contributed by atoms with Crippen LogP contribution in [0.4, 0.5) is 0 Å². The lowest BCUT2D eigenvalue weighted by atomic mass is 9.92. The molecule has 2 aromatic rings. The highest BCUT2D eigenvalue weighted by atomic mass is 16.5. The second-order valence-corrected chi connectivity index (χ2v) is 4.99. The van der Waals surface area contributed by atoms with Crippen LogP contribution in [0.3, 0.4) is 0 Å². The summed E-state index contributed by atoms with van der Waals surface area (Å²) in [5.41, 5.74) is 8.17. The van der Waals surface area contributed by atoms with Crippen LogP contribution in [-0.2, 0) is 12.8 Å². The summed E-state index contributed by atoms with van der Waals surface area (Å²) in [6.07, 6.45) is 1.72. The van der Waals surface area contributed by atoms with Gasteiger partial charge in [0.15, 0.2) is 0 Å². The van der Waals surface area contributed by atoms with E-state index < -0.39 is 0 Å². The van der Waals surface area contributed by atoms with Crippen molar-refractivity contribution >= 4 is 0 Å². The Balaban J connectivity index is 2.09. The first-order valence-electron chi connectivity index (χ1n) is 6.82. The van der Waals surface area contributed by atoms with Gasteiger partial charge in [-0.25, -0.2) is 0 Å². The highest BCUT2D eigenvalue weighted by Crippen LogP contribution is 2.23. The number of phenols is 1. The fraction of sp³-hybridized carbons (Fsp3) is 0.294. The van der Waals surface area contributed by atoms with Crippen molar-refractivity contribution in [1.82, 2.24) is 0 Å². The van der Waals surface area contributed by atoms with Crippen LogP contribution in [0.15, 0.2) is 48.5 Å². The summed E-state index contributed by atoms with van der Waals surface area (Å²) < 4.78 is 5.38. The summed E-state index contributed by atoms with van der Waals surface area (Å²) in [6.45, 7) is 0.605. The van der Waals surface area contributed by atoms with Gasteiger partial charge < -0.3 is 15.6 Å². The second-order valence-electron chi connectivity index (χ2n) is 4.99. The van der Waals surface area contributed by atoms with E-state index >= 15 is 0 Å². The van der Waals surface area contributed by atoms with Crippen molar-refractivity contribution in [3.8, 4) is 11.5 Å². The van der Waals surface area contributed by atoms with Gasteiger partial charge in [0.1, 0.15) is 11.5 Å². The summed E-state index contributed by atoms with van der Waals surface area (Å²) in [6, 6.07) is 15.4. The number of phenolic OH excluding ortho intramolecular Hbond substituents is 1. The molecular formula is C17H21NO2. The summed E-state index contributed by atoms with van der Waals surface area (Å²) >= 11 is 0. The molecule has 0 radical (unpaired) electrons. The molecule has 0 saturated heterocycles. The molecule has 0 fully saturated rings. The third-order valence-corrected chi connectivity index (χ3v) is 3.47. The van der Waals surface area contributed by atoms with Crippen LogP contribution in [0.2, 0.25) is 0 Å². The van der Waals surface area contributed by atoms with Crippen molar-refractivity contribution in [1.29, 1.82) is 0 Å².